The molecule has 23 heavy (non-hydrogen) atoms. The first-order valence-corrected chi connectivity index (χ1v) is 7.68. The van der Waals surface area contributed by atoms with Gasteiger partial charge in [-0.15, -0.1) is 12.4 Å². The van der Waals surface area contributed by atoms with E-state index in [9.17, 15) is 4.79 Å². The second-order valence-electron chi connectivity index (χ2n) is 5.79. The zero-order chi connectivity index (χ0) is 15.7. The summed E-state index contributed by atoms with van der Waals surface area (Å²) in [6.07, 6.45) is 3.80. The summed E-state index contributed by atoms with van der Waals surface area (Å²) in [7, 11) is 1.88. The number of amides is 1. The molecule has 2 heterocycles. The Bertz CT molecular complexity index is 701. The zero-order valence-electron chi connectivity index (χ0n) is 13.0. The largest absolute Gasteiger partial charge is 0.324 e. The molecule has 0 saturated carbocycles. The molecule has 1 aliphatic rings. The van der Waals surface area contributed by atoms with Gasteiger partial charge in [-0.1, -0.05) is 17.7 Å². The van der Waals surface area contributed by atoms with Gasteiger partial charge in [0.05, 0.1) is 22.8 Å². The van der Waals surface area contributed by atoms with Gasteiger partial charge in [0.15, 0.2) is 0 Å². The number of benzene rings is 1. The van der Waals surface area contributed by atoms with E-state index in [0.29, 0.717) is 17.3 Å². The molecule has 1 aromatic heterocycles. The van der Waals surface area contributed by atoms with Gasteiger partial charge in [-0.3, -0.25) is 9.48 Å². The molecule has 1 fully saturated rings. The number of aryl methyl sites for hydroxylation is 2. The third-order valence-electron chi connectivity index (χ3n) is 4.08. The number of nitrogens with zero attached hydrogens (tertiary/aromatic N) is 2. The molecule has 3 rings (SSSR count). The molecule has 5 nitrogen and oxygen atoms in total. The number of anilines is 1. The lowest BCUT2D eigenvalue weighted by Crippen LogP contribution is -2.28. The highest BCUT2D eigenvalue weighted by atomic mass is 35.5. The maximum absolute atomic E-state index is 12.6. The Morgan fingerprint density at radius 3 is 2.91 bits per heavy atom. The zero-order valence-corrected chi connectivity index (χ0v) is 14.6. The predicted molar refractivity (Wildman–Crippen MR) is 94.4 cm³/mol. The molecule has 124 valence electrons. The lowest BCUT2D eigenvalue weighted by atomic mass is 9.90. The Balaban J connectivity index is 0.00000192. The van der Waals surface area contributed by atoms with Crippen molar-refractivity contribution < 1.29 is 4.79 Å². The van der Waals surface area contributed by atoms with Crippen molar-refractivity contribution in [2.24, 2.45) is 13.0 Å². The van der Waals surface area contributed by atoms with E-state index in [1.807, 2.05) is 38.5 Å². The second kappa shape index (κ2) is 7.34. The van der Waals surface area contributed by atoms with Gasteiger partial charge in [-0.2, -0.15) is 5.10 Å². The number of hydrogen-bond donors (Lipinski definition) is 2. The van der Waals surface area contributed by atoms with Gasteiger partial charge >= 0.3 is 0 Å². The Labute approximate surface area is 146 Å². The molecule has 0 aliphatic carbocycles. The molecule has 1 aliphatic heterocycles. The molecule has 0 unspecified atom stereocenters. The van der Waals surface area contributed by atoms with Crippen molar-refractivity contribution in [2.45, 2.75) is 12.8 Å². The Morgan fingerprint density at radius 1 is 1.43 bits per heavy atom. The average molecular weight is 355 g/mol. The minimum absolute atomic E-state index is 0. The van der Waals surface area contributed by atoms with Crippen LogP contribution in [0.4, 0.5) is 5.69 Å². The van der Waals surface area contributed by atoms with Crippen molar-refractivity contribution >= 4 is 35.6 Å². The van der Waals surface area contributed by atoms with Crippen LogP contribution in [0, 0.1) is 12.8 Å². The van der Waals surface area contributed by atoms with Crippen molar-refractivity contribution in [1.29, 1.82) is 0 Å². The maximum Gasteiger partial charge on any atom is 0.229 e. The SMILES string of the molecule is Cc1ccc(Cl)c(NC(=O)[C@H]2CNC[C@@H]2c2cnn(C)c2)c1.Cl. The van der Waals surface area contributed by atoms with E-state index in [0.717, 1.165) is 17.7 Å². The lowest BCUT2D eigenvalue weighted by Gasteiger charge is -2.17. The van der Waals surface area contributed by atoms with Crippen LogP contribution in [0.5, 0.6) is 0 Å². The third kappa shape index (κ3) is 3.86. The first-order chi connectivity index (χ1) is 10.5. The van der Waals surface area contributed by atoms with Gasteiger partial charge in [0.1, 0.15) is 0 Å². The van der Waals surface area contributed by atoms with Gasteiger partial charge in [-0.05, 0) is 30.2 Å². The van der Waals surface area contributed by atoms with Crippen molar-refractivity contribution in [1.82, 2.24) is 15.1 Å². The molecule has 0 spiro atoms. The van der Waals surface area contributed by atoms with E-state index in [2.05, 4.69) is 15.7 Å². The summed E-state index contributed by atoms with van der Waals surface area (Å²) in [5.74, 6) is 0.00409. The third-order valence-corrected chi connectivity index (χ3v) is 4.41. The number of nitrogens with one attached hydrogen (secondary N) is 2. The molecule has 7 heteroatoms. The number of halogens is 2. The molecule has 2 atom stereocenters. The predicted octanol–water partition coefficient (Wildman–Crippen LogP) is 2.75. The summed E-state index contributed by atoms with van der Waals surface area (Å²) in [6.45, 7) is 3.42. The minimum atomic E-state index is -0.124. The lowest BCUT2D eigenvalue weighted by molar-refractivity contribution is -0.119. The standard InChI is InChI=1S/C16H19ClN4O.ClH/c1-10-3-4-14(17)15(5-10)20-16(22)13-8-18-7-12(13)11-6-19-21(2)9-11;/h3-6,9,12-13,18H,7-8H2,1-2H3,(H,20,22);1H/t12-,13+;/m1./s1. The maximum atomic E-state index is 12.6. The quantitative estimate of drug-likeness (QED) is 0.890. The Morgan fingerprint density at radius 2 is 2.22 bits per heavy atom. The summed E-state index contributed by atoms with van der Waals surface area (Å²) in [4.78, 5) is 12.6. The van der Waals surface area contributed by atoms with Crippen molar-refractivity contribution in [3.05, 3.63) is 46.7 Å². The van der Waals surface area contributed by atoms with Gasteiger partial charge in [0.2, 0.25) is 5.91 Å². The van der Waals surface area contributed by atoms with Crippen LogP contribution < -0.4 is 10.6 Å². The van der Waals surface area contributed by atoms with Crippen molar-refractivity contribution in [2.75, 3.05) is 18.4 Å². The first kappa shape index (κ1) is 17.8. The molecule has 1 aromatic carbocycles. The molecule has 0 bridgehead atoms. The number of rotatable bonds is 3. The normalized spacial score (nSPS) is 20.1. The molecule has 2 N–H and O–H groups in total. The van der Waals surface area contributed by atoms with Crippen molar-refractivity contribution in [3.63, 3.8) is 0 Å². The monoisotopic (exact) mass is 354 g/mol. The molecular formula is C16H20Cl2N4O. The van der Waals surface area contributed by atoms with Crippen LogP contribution in [0.1, 0.15) is 17.0 Å². The fourth-order valence-electron chi connectivity index (χ4n) is 2.90. The highest BCUT2D eigenvalue weighted by Crippen LogP contribution is 2.30. The van der Waals surface area contributed by atoms with E-state index < -0.39 is 0 Å². The summed E-state index contributed by atoms with van der Waals surface area (Å²) in [5, 5.41) is 11.0. The Kier molecular flexibility index (Phi) is 5.68. The Hall–Kier alpha value is -1.56. The molecule has 1 saturated heterocycles. The fourth-order valence-corrected chi connectivity index (χ4v) is 3.06. The van der Waals surface area contributed by atoms with Gasteiger partial charge in [0, 0.05) is 32.3 Å². The van der Waals surface area contributed by atoms with E-state index in [1.54, 1.807) is 10.7 Å². The number of hydrogen-bond acceptors (Lipinski definition) is 3. The minimum Gasteiger partial charge on any atom is -0.324 e. The van der Waals surface area contributed by atoms with Crippen LogP contribution in [-0.4, -0.2) is 28.8 Å². The topological polar surface area (TPSA) is 59.0 Å². The smallest absolute Gasteiger partial charge is 0.229 e. The number of carbonyl (C=O) groups is 1. The first-order valence-electron chi connectivity index (χ1n) is 7.31. The average Bonchev–Trinajstić information content (AvgIpc) is 3.11. The van der Waals surface area contributed by atoms with Crippen LogP contribution in [0.15, 0.2) is 30.6 Å². The number of carbonyl (C=O) groups excluding carboxylic acids is 1. The second-order valence-corrected chi connectivity index (χ2v) is 6.20. The van der Waals surface area contributed by atoms with Gasteiger partial charge in [0.25, 0.3) is 0 Å². The van der Waals surface area contributed by atoms with Crippen LogP contribution in [0.2, 0.25) is 5.02 Å². The highest BCUT2D eigenvalue weighted by Gasteiger charge is 2.34. The van der Waals surface area contributed by atoms with Gasteiger partial charge in [-0.25, -0.2) is 0 Å². The molecular weight excluding hydrogens is 335 g/mol. The van der Waals surface area contributed by atoms with E-state index in [4.69, 9.17) is 11.6 Å². The van der Waals surface area contributed by atoms with Crippen LogP contribution in [0.3, 0.4) is 0 Å². The van der Waals surface area contributed by atoms with E-state index in [-0.39, 0.29) is 30.2 Å². The summed E-state index contributed by atoms with van der Waals surface area (Å²) < 4.78 is 1.76. The van der Waals surface area contributed by atoms with E-state index >= 15 is 0 Å². The summed E-state index contributed by atoms with van der Waals surface area (Å²) in [5.41, 5.74) is 2.82. The summed E-state index contributed by atoms with van der Waals surface area (Å²) in [6, 6.07) is 5.62. The summed E-state index contributed by atoms with van der Waals surface area (Å²) >= 11 is 6.16. The number of aromatic nitrogens is 2. The molecule has 1 amide bonds. The van der Waals surface area contributed by atoms with Crippen LogP contribution in [0.25, 0.3) is 0 Å². The molecule has 2 aromatic rings. The highest BCUT2D eigenvalue weighted by molar-refractivity contribution is 6.33. The fraction of sp³-hybridized carbons (Fsp3) is 0.375. The van der Waals surface area contributed by atoms with Crippen molar-refractivity contribution in [3.8, 4) is 0 Å². The molecule has 0 radical (unpaired) electrons. The van der Waals surface area contributed by atoms with Crippen LogP contribution >= 0.6 is 24.0 Å². The van der Waals surface area contributed by atoms with Gasteiger partial charge < -0.3 is 10.6 Å². The van der Waals surface area contributed by atoms with E-state index in [1.165, 1.54) is 0 Å². The van der Waals surface area contributed by atoms with Crippen LogP contribution in [-0.2, 0) is 11.8 Å².